The average Bonchev–Trinajstić information content (AvgIpc) is 2.61. The maximum Gasteiger partial charge on any atom is 0.319 e. The molecule has 7 heteroatoms. The van der Waals surface area contributed by atoms with E-state index < -0.39 is 10.0 Å². The maximum absolute atomic E-state index is 12.3. The first-order chi connectivity index (χ1) is 12.6. The number of amides is 2. The molecular weight excluding hydrogens is 362 g/mol. The van der Waals surface area contributed by atoms with Crippen LogP contribution in [0.5, 0.6) is 0 Å². The van der Waals surface area contributed by atoms with Gasteiger partial charge in [-0.2, -0.15) is 0 Å². The second-order valence-corrected chi connectivity index (χ2v) is 9.08. The number of anilines is 1. The molecule has 2 amide bonds. The number of nitrogens with one attached hydrogen (secondary N) is 2. The zero-order valence-corrected chi connectivity index (χ0v) is 17.2. The van der Waals surface area contributed by atoms with Gasteiger partial charge in [-0.1, -0.05) is 44.2 Å². The number of para-hydroxylation sites is 1. The summed E-state index contributed by atoms with van der Waals surface area (Å²) in [7, 11) is -0.465. The fourth-order valence-corrected chi connectivity index (χ4v) is 3.57. The molecule has 0 atom stereocenters. The van der Waals surface area contributed by atoms with Crippen LogP contribution in [0.2, 0.25) is 0 Å². The van der Waals surface area contributed by atoms with Crippen LogP contribution in [0.4, 0.5) is 10.5 Å². The largest absolute Gasteiger partial charge is 0.334 e. The van der Waals surface area contributed by atoms with E-state index in [2.05, 4.69) is 24.5 Å². The number of nitrogens with zero attached hydrogens (tertiary/aromatic N) is 1. The van der Waals surface area contributed by atoms with Gasteiger partial charge in [-0.3, -0.25) is 0 Å². The highest BCUT2D eigenvalue weighted by atomic mass is 32.2. The quantitative estimate of drug-likeness (QED) is 0.791. The molecule has 0 radical (unpaired) electrons. The number of sulfonamides is 1. The fourth-order valence-electron chi connectivity index (χ4n) is 2.67. The second kappa shape index (κ2) is 8.54. The van der Waals surface area contributed by atoms with Crippen LogP contribution < -0.4 is 10.6 Å². The van der Waals surface area contributed by atoms with Crippen LogP contribution >= 0.6 is 0 Å². The number of carbonyl (C=O) groups is 1. The highest BCUT2D eigenvalue weighted by molar-refractivity contribution is 7.89. The minimum atomic E-state index is -3.45. The van der Waals surface area contributed by atoms with Gasteiger partial charge in [0.15, 0.2) is 0 Å². The van der Waals surface area contributed by atoms with Crippen molar-refractivity contribution in [2.75, 3.05) is 19.4 Å². The van der Waals surface area contributed by atoms with Crippen LogP contribution in [-0.4, -0.2) is 32.8 Å². The van der Waals surface area contributed by atoms with Gasteiger partial charge in [0.25, 0.3) is 0 Å². The number of hydrogen-bond donors (Lipinski definition) is 2. The molecule has 0 saturated heterocycles. The summed E-state index contributed by atoms with van der Waals surface area (Å²) < 4.78 is 25.3. The molecule has 0 aliphatic carbocycles. The molecule has 0 bridgehead atoms. The van der Waals surface area contributed by atoms with Crippen molar-refractivity contribution in [3.63, 3.8) is 0 Å². The lowest BCUT2D eigenvalue weighted by atomic mass is 9.98. The summed E-state index contributed by atoms with van der Waals surface area (Å²) in [5.74, 6) is 0.298. The van der Waals surface area contributed by atoms with E-state index in [0.717, 1.165) is 22.4 Å². The van der Waals surface area contributed by atoms with Gasteiger partial charge in [0, 0.05) is 26.3 Å². The topological polar surface area (TPSA) is 78.5 Å². The Morgan fingerprint density at radius 2 is 1.70 bits per heavy atom. The third kappa shape index (κ3) is 5.08. The number of aryl methyl sites for hydroxylation is 1. The van der Waals surface area contributed by atoms with E-state index in [9.17, 15) is 13.2 Å². The summed E-state index contributed by atoms with van der Waals surface area (Å²) in [6, 6.07) is 12.1. The van der Waals surface area contributed by atoms with Gasteiger partial charge in [0.1, 0.15) is 0 Å². The van der Waals surface area contributed by atoms with Crippen LogP contribution in [0.1, 0.15) is 36.5 Å². The van der Waals surface area contributed by atoms with Crippen molar-refractivity contribution in [3.8, 4) is 0 Å². The van der Waals surface area contributed by atoms with Crippen molar-refractivity contribution in [1.29, 1.82) is 0 Å². The molecule has 27 heavy (non-hydrogen) atoms. The monoisotopic (exact) mass is 389 g/mol. The van der Waals surface area contributed by atoms with E-state index in [1.165, 1.54) is 18.4 Å². The van der Waals surface area contributed by atoms with E-state index in [1.54, 1.807) is 24.3 Å². The predicted octanol–water partition coefficient (Wildman–Crippen LogP) is 3.69. The van der Waals surface area contributed by atoms with Crippen molar-refractivity contribution < 1.29 is 13.2 Å². The number of hydrogen-bond acceptors (Lipinski definition) is 3. The van der Waals surface area contributed by atoms with E-state index in [0.29, 0.717) is 12.5 Å². The SMILES string of the molecule is Cc1cccc(C(C)C)c1NC(=O)NCc1ccc(S(=O)(=O)N(C)C)cc1. The van der Waals surface area contributed by atoms with Crippen LogP contribution in [0.25, 0.3) is 0 Å². The smallest absolute Gasteiger partial charge is 0.319 e. The highest BCUT2D eigenvalue weighted by Gasteiger charge is 2.16. The number of benzene rings is 2. The molecular formula is C20H27N3O3S. The molecule has 0 aliphatic rings. The van der Waals surface area contributed by atoms with Crippen LogP contribution in [0, 0.1) is 6.92 Å². The maximum atomic E-state index is 12.3. The first-order valence-corrected chi connectivity index (χ1v) is 10.2. The lowest BCUT2D eigenvalue weighted by molar-refractivity contribution is 0.251. The van der Waals surface area contributed by atoms with Crippen molar-refractivity contribution >= 4 is 21.7 Å². The van der Waals surface area contributed by atoms with E-state index in [-0.39, 0.29) is 10.9 Å². The van der Waals surface area contributed by atoms with Gasteiger partial charge in [-0.05, 0) is 41.7 Å². The predicted molar refractivity (Wildman–Crippen MR) is 108 cm³/mol. The summed E-state index contributed by atoms with van der Waals surface area (Å²) in [5, 5.41) is 5.74. The lowest BCUT2D eigenvalue weighted by Gasteiger charge is -2.17. The molecule has 2 rings (SSSR count). The molecule has 2 aromatic rings. The first kappa shape index (κ1) is 20.9. The average molecular weight is 390 g/mol. The molecule has 0 unspecified atom stereocenters. The van der Waals surface area contributed by atoms with Crippen molar-refractivity contribution in [1.82, 2.24) is 9.62 Å². The van der Waals surface area contributed by atoms with E-state index in [1.807, 2.05) is 25.1 Å². The Morgan fingerprint density at radius 3 is 2.26 bits per heavy atom. The van der Waals surface area contributed by atoms with Gasteiger partial charge < -0.3 is 10.6 Å². The van der Waals surface area contributed by atoms with Gasteiger partial charge in [-0.25, -0.2) is 17.5 Å². The third-order valence-corrected chi connectivity index (χ3v) is 6.15. The molecule has 2 aromatic carbocycles. The van der Waals surface area contributed by atoms with Gasteiger partial charge in [0.2, 0.25) is 10.0 Å². The van der Waals surface area contributed by atoms with E-state index in [4.69, 9.17) is 0 Å². The zero-order valence-electron chi connectivity index (χ0n) is 16.4. The molecule has 146 valence electrons. The van der Waals surface area contributed by atoms with Gasteiger partial charge in [-0.15, -0.1) is 0 Å². The molecule has 6 nitrogen and oxygen atoms in total. The normalized spacial score (nSPS) is 11.7. The first-order valence-electron chi connectivity index (χ1n) is 8.78. The van der Waals surface area contributed by atoms with Gasteiger partial charge >= 0.3 is 6.03 Å². The number of rotatable bonds is 6. The summed E-state index contributed by atoms with van der Waals surface area (Å²) in [5.41, 5.74) is 3.74. The van der Waals surface area contributed by atoms with Crippen molar-refractivity contribution in [2.45, 2.75) is 38.1 Å². The lowest BCUT2D eigenvalue weighted by Crippen LogP contribution is -2.29. The standard InChI is InChI=1S/C20H27N3O3S/c1-14(2)18-8-6-7-15(3)19(18)22-20(24)21-13-16-9-11-17(12-10-16)27(25,26)23(4)5/h6-12,14H,13H2,1-5H3,(H2,21,22,24). The third-order valence-electron chi connectivity index (χ3n) is 4.32. The van der Waals surface area contributed by atoms with Crippen LogP contribution in [0.15, 0.2) is 47.4 Å². The number of carbonyl (C=O) groups excluding carboxylic acids is 1. The van der Waals surface area contributed by atoms with Crippen LogP contribution in [-0.2, 0) is 16.6 Å². The summed E-state index contributed by atoms with van der Waals surface area (Å²) >= 11 is 0. The Bertz CT molecular complexity index is 905. The molecule has 2 N–H and O–H groups in total. The molecule has 0 fully saturated rings. The Kier molecular flexibility index (Phi) is 6.62. The minimum Gasteiger partial charge on any atom is -0.334 e. The molecule has 0 aromatic heterocycles. The van der Waals surface area contributed by atoms with Crippen LogP contribution in [0.3, 0.4) is 0 Å². The fraction of sp³-hybridized carbons (Fsp3) is 0.350. The highest BCUT2D eigenvalue weighted by Crippen LogP contribution is 2.27. The minimum absolute atomic E-state index is 0.224. The zero-order chi connectivity index (χ0) is 20.2. The van der Waals surface area contributed by atoms with E-state index >= 15 is 0 Å². The Morgan fingerprint density at radius 1 is 1.07 bits per heavy atom. The Hall–Kier alpha value is -2.38. The number of urea groups is 1. The Balaban J connectivity index is 2.03. The molecule has 0 spiro atoms. The van der Waals surface area contributed by atoms with Crippen molar-refractivity contribution in [2.24, 2.45) is 0 Å². The molecule has 0 aliphatic heterocycles. The molecule has 0 saturated carbocycles. The summed E-state index contributed by atoms with van der Waals surface area (Å²) in [4.78, 5) is 12.5. The Labute approximate surface area is 161 Å². The summed E-state index contributed by atoms with van der Waals surface area (Å²) in [6.07, 6.45) is 0. The van der Waals surface area contributed by atoms with Gasteiger partial charge in [0.05, 0.1) is 4.90 Å². The molecule has 0 heterocycles. The summed E-state index contributed by atoms with van der Waals surface area (Å²) in [6.45, 7) is 6.44. The van der Waals surface area contributed by atoms with Crippen molar-refractivity contribution in [3.05, 3.63) is 59.2 Å². The second-order valence-electron chi connectivity index (χ2n) is 6.93.